The minimum absolute atomic E-state index is 0.275. The fourth-order valence-electron chi connectivity index (χ4n) is 1.94. The highest BCUT2D eigenvalue weighted by molar-refractivity contribution is 5.79. The highest BCUT2D eigenvalue weighted by Crippen LogP contribution is 2.47. The number of hydrogen-bond acceptors (Lipinski definition) is 2. The Kier molecular flexibility index (Phi) is 4.91. The second-order valence-corrected chi connectivity index (χ2v) is 4.75. The summed E-state index contributed by atoms with van der Waals surface area (Å²) in [6.45, 7) is -0.567. The van der Waals surface area contributed by atoms with Crippen molar-refractivity contribution in [2.75, 3.05) is 6.61 Å². The Labute approximate surface area is 110 Å². The van der Waals surface area contributed by atoms with E-state index in [1.54, 1.807) is 0 Å². The van der Waals surface area contributed by atoms with Gasteiger partial charge < -0.3 is 4.74 Å². The van der Waals surface area contributed by atoms with Gasteiger partial charge in [-0.1, -0.05) is 19.3 Å². The van der Waals surface area contributed by atoms with Crippen LogP contribution in [-0.4, -0.2) is 30.6 Å². The lowest BCUT2D eigenvalue weighted by Gasteiger charge is -2.27. The summed E-state index contributed by atoms with van der Waals surface area (Å²) in [6.07, 6.45) is -2.93. The first-order chi connectivity index (χ1) is 9.00. The first-order valence-corrected chi connectivity index (χ1v) is 5.99. The average molecular weight is 310 g/mol. The van der Waals surface area contributed by atoms with Crippen molar-refractivity contribution in [2.45, 2.75) is 50.1 Å². The van der Waals surface area contributed by atoms with E-state index in [0.717, 1.165) is 19.3 Å². The Bertz CT molecular complexity index is 345. The molecule has 0 saturated heterocycles. The van der Waals surface area contributed by atoms with Crippen molar-refractivity contribution in [1.82, 2.24) is 0 Å². The van der Waals surface area contributed by atoms with Crippen molar-refractivity contribution in [1.29, 1.82) is 0 Å². The molecular weight excluding hydrogens is 297 g/mol. The quantitative estimate of drug-likeness (QED) is 0.581. The first kappa shape index (κ1) is 17.0. The molecule has 1 aliphatic carbocycles. The molecule has 1 rings (SSSR count). The Morgan fingerprint density at radius 3 is 1.90 bits per heavy atom. The lowest BCUT2D eigenvalue weighted by atomic mass is 9.90. The molecule has 2 nitrogen and oxygen atoms in total. The fourth-order valence-corrected chi connectivity index (χ4v) is 1.94. The topological polar surface area (TPSA) is 26.3 Å². The van der Waals surface area contributed by atoms with Crippen LogP contribution < -0.4 is 0 Å². The Morgan fingerprint density at radius 2 is 1.45 bits per heavy atom. The summed E-state index contributed by atoms with van der Waals surface area (Å²) in [6, 6.07) is 0. The minimum Gasteiger partial charge on any atom is -0.461 e. The van der Waals surface area contributed by atoms with Gasteiger partial charge in [0.15, 0.2) is 0 Å². The van der Waals surface area contributed by atoms with Crippen LogP contribution in [0.4, 0.5) is 30.7 Å². The molecule has 0 aliphatic heterocycles. The normalized spacial score (nSPS) is 18.9. The largest absolute Gasteiger partial charge is 0.461 e. The maximum Gasteiger partial charge on any atom is 0.460 e. The predicted octanol–water partition coefficient (Wildman–Crippen LogP) is 3.94. The Morgan fingerprint density at radius 1 is 0.950 bits per heavy atom. The standard InChI is InChI=1S/C11H13F7O2/c12-9(13,10(14,15)11(16,17)18)8(19)20-6-7-4-2-1-3-5-7/h7H,1-6H2. The smallest absolute Gasteiger partial charge is 0.460 e. The lowest BCUT2D eigenvalue weighted by molar-refractivity contribution is -0.348. The molecule has 0 spiro atoms. The van der Waals surface area contributed by atoms with Crippen molar-refractivity contribution in [2.24, 2.45) is 5.92 Å². The van der Waals surface area contributed by atoms with E-state index in [1.807, 2.05) is 0 Å². The summed E-state index contributed by atoms with van der Waals surface area (Å²) in [7, 11) is 0. The van der Waals surface area contributed by atoms with Gasteiger partial charge in [0.1, 0.15) is 0 Å². The van der Waals surface area contributed by atoms with Crippen LogP contribution in [0.15, 0.2) is 0 Å². The third-order valence-electron chi connectivity index (χ3n) is 3.18. The molecule has 0 radical (unpaired) electrons. The fraction of sp³-hybridized carbons (Fsp3) is 0.909. The number of halogens is 7. The van der Waals surface area contributed by atoms with E-state index < -0.39 is 30.6 Å². The second-order valence-electron chi connectivity index (χ2n) is 4.75. The SMILES string of the molecule is O=C(OCC1CCCCC1)C(F)(F)C(F)(F)C(F)(F)F. The summed E-state index contributed by atoms with van der Waals surface area (Å²) in [4.78, 5) is 10.8. The van der Waals surface area contributed by atoms with E-state index >= 15 is 0 Å². The first-order valence-electron chi connectivity index (χ1n) is 5.99. The van der Waals surface area contributed by atoms with E-state index in [2.05, 4.69) is 4.74 Å². The van der Waals surface area contributed by atoms with Gasteiger partial charge in [-0.15, -0.1) is 0 Å². The van der Waals surface area contributed by atoms with Gasteiger partial charge in [0.05, 0.1) is 6.61 Å². The van der Waals surface area contributed by atoms with E-state index in [4.69, 9.17) is 0 Å². The zero-order valence-electron chi connectivity index (χ0n) is 10.3. The second kappa shape index (κ2) is 5.77. The number of carbonyl (C=O) groups excluding carboxylic acids is 1. The van der Waals surface area contributed by atoms with Crippen LogP contribution in [0.1, 0.15) is 32.1 Å². The molecule has 0 amide bonds. The maximum absolute atomic E-state index is 12.9. The van der Waals surface area contributed by atoms with Gasteiger partial charge in [0, 0.05) is 0 Å². The maximum atomic E-state index is 12.9. The molecule has 0 N–H and O–H groups in total. The summed E-state index contributed by atoms with van der Waals surface area (Å²) in [5.41, 5.74) is 0. The molecule has 1 aliphatic rings. The van der Waals surface area contributed by atoms with Gasteiger partial charge in [-0.05, 0) is 18.8 Å². The van der Waals surface area contributed by atoms with Crippen LogP contribution in [0, 0.1) is 5.92 Å². The van der Waals surface area contributed by atoms with Gasteiger partial charge in [0.2, 0.25) is 0 Å². The lowest BCUT2D eigenvalue weighted by Crippen LogP contribution is -2.56. The average Bonchev–Trinajstić information content (AvgIpc) is 2.35. The van der Waals surface area contributed by atoms with Gasteiger partial charge in [0.25, 0.3) is 0 Å². The van der Waals surface area contributed by atoms with Gasteiger partial charge in [-0.25, -0.2) is 4.79 Å². The number of ether oxygens (including phenoxy) is 1. The molecule has 0 heterocycles. The van der Waals surface area contributed by atoms with Crippen molar-refractivity contribution in [3.63, 3.8) is 0 Å². The van der Waals surface area contributed by atoms with Crippen molar-refractivity contribution >= 4 is 5.97 Å². The molecule has 9 heteroatoms. The summed E-state index contributed by atoms with van der Waals surface area (Å²) < 4.78 is 90.4. The third kappa shape index (κ3) is 3.35. The van der Waals surface area contributed by atoms with Crippen LogP contribution in [0.2, 0.25) is 0 Å². The third-order valence-corrected chi connectivity index (χ3v) is 3.18. The molecular formula is C11H13F7O2. The molecule has 20 heavy (non-hydrogen) atoms. The molecule has 118 valence electrons. The van der Waals surface area contributed by atoms with Crippen LogP contribution in [-0.2, 0) is 9.53 Å². The summed E-state index contributed by atoms with van der Waals surface area (Å²) in [5.74, 6) is -15.5. The van der Waals surface area contributed by atoms with E-state index in [1.165, 1.54) is 0 Å². The van der Waals surface area contributed by atoms with Crippen molar-refractivity contribution in [3.05, 3.63) is 0 Å². The van der Waals surface area contributed by atoms with Gasteiger partial charge in [-0.3, -0.25) is 0 Å². The number of alkyl halides is 7. The van der Waals surface area contributed by atoms with E-state index in [0.29, 0.717) is 12.8 Å². The molecule has 0 aromatic heterocycles. The summed E-state index contributed by atoms with van der Waals surface area (Å²) >= 11 is 0. The predicted molar refractivity (Wildman–Crippen MR) is 53.5 cm³/mol. The molecule has 1 saturated carbocycles. The number of esters is 1. The van der Waals surface area contributed by atoms with Crippen molar-refractivity contribution in [3.8, 4) is 0 Å². The van der Waals surface area contributed by atoms with Crippen LogP contribution in [0.3, 0.4) is 0 Å². The zero-order chi connectivity index (χ0) is 15.6. The van der Waals surface area contributed by atoms with Crippen LogP contribution in [0.5, 0.6) is 0 Å². The number of hydrogen-bond donors (Lipinski definition) is 0. The Balaban J connectivity index is 2.64. The van der Waals surface area contributed by atoms with E-state index in [-0.39, 0.29) is 5.92 Å². The monoisotopic (exact) mass is 310 g/mol. The van der Waals surface area contributed by atoms with Gasteiger partial charge in [-0.2, -0.15) is 30.7 Å². The number of carbonyl (C=O) groups is 1. The molecule has 0 atom stereocenters. The van der Waals surface area contributed by atoms with Crippen LogP contribution >= 0.6 is 0 Å². The highest BCUT2D eigenvalue weighted by Gasteiger charge is 2.77. The van der Waals surface area contributed by atoms with Crippen LogP contribution in [0.25, 0.3) is 0 Å². The summed E-state index contributed by atoms with van der Waals surface area (Å²) in [5, 5.41) is 0. The van der Waals surface area contributed by atoms with Gasteiger partial charge >= 0.3 is 24.0 Å². The molecule has 0 aromatic rings. The molecule has 1 fully saturated rings. The Hall–Kier alpha value is -1.02. The minimum atomic E-state index is -6.53. The van der Waals surface area contributed by atoms with Crippen molar-refractivity contribution < 1.29 is 40.3 Å². The molecule has 0 unspecified atom stereocenters. The highest BCUT2D eigenvalue weighted by atomic mass is 19.4. The number of rotatable bonds is 4. The van der Waals surface area contributed by atoms with E-state index in [9.17, 15) is 35.5 Å². The zero-order valence-corrected chi connectivity index (χ0v) is 10.3. The molecule has 0 bridgehead atoms. The molecule has 0 aromatic carbocycles.